The molecule has 1 heterocycles. The van der Waals surface area contributed by atoms with Crippen molar-refractivity contribution in [3.63, 3.8) is 0 Å². The number of hydrogen-bond donors (Lipinski definition) is 1. The van der Waals surface area contributed by atoms with E-state index < -0.39 is 0 Å². The lowest BCUT2D eigenvalue weighted by Gasteiger charge is -2.04. The third-order valence-corrected chi connectivity index (χ3v) is 3.98. The van der Waals surface area contributed by atoms with Crippen LogP contribution in [-0.2, 0) is 6.42 Å². The number of nitrogens with one attached hydrogen (secondary N) is 1. The molecule has 0 saturated carbocycles. The fourth-order valence-corrected chi connectivity index (χ4v) is 2.55. The molecule has 25 heavy (non-hydrogen) atoms. The molecule has 0 unspecified atom stereocenters. The smallest absolute Gasteiger partial charge is 0.273 e. The van der Waals surface area contributed by atoms with Crippen LogP contribution in [0.4, 0.5) is 0 Å². The van der Waals surface area contributed by atoms with E-state index in [1.807, 2.05) is 48.5 Å². The van der Waals surface area contributed by atoms with Crippen LogP contribution in [0.3, 0.4) is 0 Å². The number of nitrogens with zero attached hydrogens (tertiary/aromatic N) is 1. The average Bonchev–Trinajstić information content (AvgIpc) is 3.13. The predicted octanol–water partition coefficient (Wildman–Crippen LogP) is 3.98. The van der Waals surface area contributed by atoms with Crippen molar-refractivity contribution in [1.29, 1.82) is 0 Å². The van der Waals surface area contributed by atoms with Crippen LogP contribution in [0.25, 0.3) is 11.3 Å². The van der Waals surface area contributed by atoms with E-state index in [1.165, 1.54) is 0 Å². The molecule has 0 fully saturated rings. The largest absolute Gasteiger partial charge is 0.496 e. The molecular weight excluding hydrogens is 340 g/mol. The summed E-state index contributed by atoms with van der Waals surface area (Å²) in [6.45, 7) is 0.497. The number of ether oxygens (including phenoxy) is 1. The molecule has 0 aliphatic carbocycles. The highest BCUT2D eigenvalue weighted by Crippen LogP contribution is 2.29. The van der Waals surface area contributed by atoms with E-state index in [9.17, 15) is 4.79 Å². The van der Waals surface area contributed by atoms with Gasteiger partial charge in [0.25, 0.3) is 5.91 Å². The first kappa shape index (κ1) is 17.0. The van der Waals surface area contributed by atoms with Gasteiger partial charge >= 0.3 is 0 Å². The molecule has 0 bridgehead atoms. The normalized spacial score (nSPS) is 10.5. The topological polar surface area (TPSA) is 64.4 Å². The lowest BCUT2D eigenvalue weighted by molar-refractivity contribution is 0.0945. The third-order valence-electron chi connectivity index (χ3n) is 3.73. The Hall–Kier alpha value is -2.79. The van der Waals surface area contributed by atoms with Gasteiger partial charge in [-0.15, -0.1) is 0 Å². The van der Waals surface area contributed by atoms with Gasteiger partial charge in [0.2, 0.25) is 0 Å². The minimum atomic E-state index is -0.279. The molecule has 3 aromatic rings. The second kappa shape index (κ2) is 7.85. The van der Waals surface area contributed by atoms with Gasteiger partial charge in [0, 0.05) is 17.6 Å². The molecule has 5 nitrogen and oxygen atoms in total. The Balaban J connectivity index is 1.61. The van der Waals surface area contributed by atoms with Crippen molar-refractivity contribution in [3.8, 4) is 17.1 Å². The van der Waals surface area contributed by atoms with Crippen molar-refractivity contribution < 1.29 is 14.1 Å². The van der Waals surface area contributed by atoms with E-state index in [2.05, 4.69) is 10.5 Å². The Morgan fingerprint density at radius 3 is 2.72 bits per heavy atom. The third kappa shape index (κ3) is 4.19. The maximum atomic E-state index is 12.2. The molecule has 6 heteroatoms. The molecule has 0 spiro atoms. The molecular formula is C19H17ClN2O3. The molecule has 3 rings (SSSR count). The minimum absolute atomic E-state index is 0.233. The monoisotopic (exact) mass is 356 g/mol. The van der Waals surface area contributed by atoms with Gasteiger partial charge < -0.3 is 14.6 Å². The van der Waals surface area contributed by atoms with E-state index in [0.29, 0.717) is 29.5 Å². The SMILES string of the molecule is COc1ccccc1-c1cc(C(=O)NCCc2ccc(Cl)cc2)no1. The summed E-state index contributed by atoms with van der Waals surface area (Å²) in [6, 6.07) is 16.5. The van der Waals surface area contributed by atoms with Gasteiger partial charge in [0.1, 0.15) is 5.75 Å². The Kier molecular flexibility index (Phi) is 5.36. The molecule has 0 saturated heterocycles. The van der Waals surface area contributed by atoms with Gasteiger partial charge in [-0.05, 0) is 36.2 Å². The standard InChI is InChI=1S/C19H17ClN2O3/c1-24-17-5-3-2-4-15(17)18-12-16(22-25-18)19(23)21-11-10-13-6-8-14(20)9-7-13/h2-9,12H,10-11H2,1H3,(H,21,23). The fourth-order valence-electron chi connectivity index (χ4n) is 2.42. The summed E-state index contributed by atoms with van der Waals surface area (Å²) in [7, 11) is 1.58. The molecule has 0 atom stereocenters. The maximum Gasteiger partial charge on any atom is 0.273 e. The number of hydrogen-bond acceptors (Lipinski definition) is 4. The van der Waals surface area contributed by atoms with Crippen LogP contribution in [0.1, 0.15) is 16.1 Å². The molecule has 0 aliphatic rings. The van der Waals surface area contributed by atoms with Gasteiger partial charge in [-0.25, -0.2) is 0 Å². The van der Waals surface area contributed by atoms with Crippen molar-refractivity contribution >= 4 is 17.5 Å². The quantitative estimate of drug-likeness (QED) is 0.725. The zero-order chi connectivity index (χ0) is 17.6. The first-order valence-corrected chi connectivity index (χ1v) is 8.18. The Bertz CT molecular complexity index is 859. The van der Waals surface area contributed by atoms with Gasteiger partial charge in [0.15, 0.2) is 11.5 Å². The Labute approximate surface area is 150 Å². The molecule has 1 amide bonds. The van der Waals surface area contributed by atoms with Crippen LogP contribution in [0.5, 0.6) is 5.75 Å². The van der Waals surface area contributed by atoms with E-state index in [0.717, 1.165) is 11.1 Å². The van der Waals surface area contributed by atoms with E-state index >= 15 is 0 Å². The average molecular weight is 357 g/mol. The van der Waals surface area contributed by atoms with Crippen LogP contribution in [0.2, 0.25) is 5.02 Å². The number of carbonyl (C=O) groups excluding carboxylic acids is 1. The van der Waals surface area contributed by atoms with Crippen molar-refractivity contribution in [2.75, 3.05) is 13.7 Å². The summed E-state index contributed by atoms with van der Waals surface area (Å²) < 4.78 is 10.6. The maximum absolute atomic E-state index is 12.2. The van der Waals surface area contributed by atoms with Crippen LogP contribution in [0, 0.1) is 0 Å². The lowest BCUT2D eigenvalue weighted by Crippen LogP contribution is -2.25. The summed E-state index contributed by atoms with van der Waals surface area (Å²) >= 11 is 5.85. The van der Waals surface area contributed by atoms with E-state index in [-0.39, 0.29) is 11.6 Å². The van der Waals surface area contributed by atoms with E-state index in [4.69, 9.17) is 20.9 Å². The van der Waals surface area contributed by atoms with Crippen molar-refractivity contribution in [3.05, 3.63) is 70.9 Å². The molecule has 128 valence electrons. The van der Waals surface area contributed by atoms with Gasteiger partial charge in [-0.1, -0.05) is 41.0 Å². The Morgan fingerprint density at radius 1 is 1.20 bits per heavy atom. The van der Waals surface area contributed by atoms with Crippen molar-refractivity contribution in [2.45, 2.75) is 6.42 Å². The molecule has 1 aromatic heterocycles. The number of benzene rings is 2. The first-order valence-electron chi connectivity index (χ1n) is 7.80. The summed E-state index contributed by atoms with van der Waals surface area (Å²) in [5.74, 6) is 0.868. The highest BCUT2D eigenvalue weighted by atomic mass is 35.5. The molecule has 2 aromatic carbocycles. The zero-order valence-corrected chi connectivity index (χ0v) is 14.4. The second-order valence-corrected chi connectivity index (χ2v) is 5.85. The van der Waals surface area contributed by atoms with Crippen molar-refractivity contribution in [1.82, 2.24) is 10.5 Å². The fraction of sp³-hybridized carbons (Fsp3) is 0.158. The zero-order valence-electron chi connectivity index (χ0n) is 13.7. The molecule has 1 N–H and O–H groups in total. The number of methoxy groups -OCH3 is 1. The lowest BCUT2D eigenvalue weighted by atomic mass is 10.1. The van der Waals surface area contributed by atoms with Crippen LogP contribution >= 0.6 is 11.6 Å². The summed E-state index contributed by atoms with van der Waals surface area (Å²) in [4.78, 5) is 12.2. The van der Waals surface area contributed by atoms with Crippen LogP contribution in [-0.4, -0.2) is 24.7 Å². The van der Waals surface area contributed by atoms with Gasteiger partial charge in [-0.2, -0.15) is 0 Å². The Morgan fingerprint density at radius 2 is 1.96 bits per heavy atom. The summed E-state index contributed by atoms with van der Waals surface area (Å²) in [5, 5.41) is 7.37. The number of para-hydroxylation sites is 1. The highest BCUT2D eigenvalue weighted by molar-refractivity contribution is 6.30. The number of aromatic nitrogens is 1. The summed E-state index contributed by atoms with van der Waals surface area (Å²) in [5.41, 5.74) is 2.08. The summed E-state index contributed by atoms with van der Waals surface area (Å²) in [6.07, 6.45) is 0.708. The van der Waals surface area contributed by atoms with E-state index in [1.54, 1.807) is 13.2 Å². The minimum Gasteiger partial charge on any atom is -0.496 e. The first-order chi connectivity index (χ1) is 12.2. The predicted molar refractivity (Wildman–Crippen MR) is 96.0 cm³/mol. The number of rotatable bonds is 6. The highest BCUT2D eigenvalue weighted by Gasteiger charge is 2.15. The van der Waals surface area contributed by atoms with Crippen LogP contribution < -0.4 is 10.1 Å². The van der Waals surface area contributed by atoms with Crippen molar-refractivity contribution in [2.24, 2.45) is 0 Å². The second-order valence-electron chi connectivity index (χ2n) is 5.41. The van der Waals surface area contributed by atoms with Gasteiger partial charge in [0.05, 0.1) is 12.7 Å². The van der Waals surface area contributed by atoms with Crippen LogP contribution in [0.15, 0.2) is 59.1 Å². The number of amides is 1. The number of halogens is 1. The molecule has 0 radical (unpaired) electrons. The molecule has 0 aliphatic heterocycles. The van der Waals surface area contributed by atoms with Gasteiger partial charge in [-0.3, -0.25) is 4.79 Å². The number of carbonyl (C=O) groups is 1.